The minimum Gasteiger partial charge on any atom is -0.395 e. The number of amides is 2. The molecule has 0 spiro atoms. The Morgan fingerprint density at radius 2 is 1.74 bits per heavy atom. The van der Waals surface area contributed by atoms with Gasteiger partial charge in [0, 0.05) is 56.8 Å². The molecule has 2 aromatic heterocycles. The van der Waals surface area contributed by atoms with Gasteiger partial charge in [-0.25, -0.2) is 4.98 Å². The molecule has 2 aromatic carbocycles. The van der Waals surface area contributed by atoms with E-state index < -0.39 is 17.8 Å². The van der Waals surface area contributed by atoms with Crippen molar-refractivity contribution < 1.29 is 33.0 Å². The van der Waals surface area contributed by atoms with Crippen LogP contribution in [0.25, 0.3) is 11.0 Å². The fraction of sp³-hybridized carbons (Fsp3) is 0.394. The molecule has 3 aliphatic heterocycles. The predicted octanol–water partition coefficient (Wildman–Crippen LogP) is 3.36. The topological polar surface area (TPSA) is 119 Å². The number of hydrogen-bond donors (Lipinski definition) is 1. The normalized spacial score (nSPS) is 21.8. The first-order valence-corrected chi connectivity index (χ1v) is 15.3. The van der Waals surface area contributed by atoms with Crippen LogP contribution in [-0.4, -0.2) is 78.9 Å². The fourth-order valence-corrected chi connectivity index (χ4v) is 6.88. The van der Waals surface area contributed by atoms with Crippen molar-refractivity contribution in [2.45, 2.75) is 43.6 Å². The molecule has 7 rings (SSSR count). The minimum atomic E-state index is -3.78. The van der Waals surface area contributed by atoms with Gasteiger partial charge in [0.2, 0.25) is 5.91 Å². The van der Waals surface area contributed by atoms with Crippen LogP contribution in [0.5, 0.6) is 11.5 Å². The number of carbonyl (C=O) groups excluding carboxylic acids is 2. The third-order valence-corrected chi connectivity index (χ3v) is 9.41. The molecule has 1 N–H and O–H groups in total. The van der Waals surface area contributed by atoms with Crippen LogP contribution in [0, 0.1) is 5.92 Å². The number of nitrogens with zero attached hydrogens (tertiary/aromatic N) is 5. The number of fused-ring (bicyclic) bond motifs is 2. The van der Waals surface area contributed by atoms with Crippen molar-refractivity contribution in [1.29, 1.82) is 0 Å². The number of piperidine rings is 2. The maximum absolute atomic E-state index is 14.0. The average molecular weight is 634 g/mol. The van der Waals surface area contributed by atoms with Crippen molar-refractivity contribution in [2.75, 3.05) is 26.2 Å². The van der Waals surface area contributed by atoms with Gasteiger partial charge in [0.1, 0.15) is 12.0 Å². The van der Waals surface area contributed by atoms with Gasteiger partial charge < -0.3 is 28.9 Å². The SMILES string of the molecule is Cn1ccc2c(=O)n(CC3(O)CCN(C(=O)[C@@H]4CCN(C(=O)c5ccc6c(c5)OC(F)(F)O6)C[C@H]4c4ccccc4)CC3)cnc21. The monoisotopic (exact) mass is 633 g/mol. The molecule has 240 valence electrons. The molecule has 13 heteroatoms. The van der Waals surface area contributed by atoms with Crippen LogP contribution in [0.3, 0.4) is 0 Å². The van der Waals surface area contributed by atoms with E-state index in [0.29, 0.717) is 49.9 Å². The molecule has 46 heavy (non-hydrogen) atoms. The van der Waals surface area contributed by atoms with Crippen LogP contribution in [-0.2, 0) is 18.4 Å². The average Bonchev–Trinajstić information content (AvgIpc) is 3.59. The van der Waals surface area contributed by atoms with E-state index in [9.17, 15) is 28.3 Å². The lowest BCUT2D eigenvalue weighted by molar-refractivity contribution is -0.286. The molecule has 2 atom stereocenters. The number of alkyl halides is 2. The summed E-state index contributed by atoms with van der Waals surface area (Å²) in [7, 11) is 1.81. The van der Waals surface area contributed by atoms with Gasteiger partial charge in [-0.3, -0.25) is 19.0 Å². The second-order valence-corrected chi connectivity index (χ2v) is 12.4. The van der Waals surface area contributed by atoms with E-state index in [0.717, 1.165) is 5.56 Å². The van der Waals surface area contributed by atoms with Gasteiger partial charge in [0.05, 0.1) is 17.5 Å². The number of carbonyl (C=O) groups is 2. The Bertz CT molecular complexity index is 1870. The summed E-state index contributed by atoms with van der Waals surface area (Å²) in [6.07, 6.45) is 0.455. The standard InChI is InChI=1S/C33H33F2N5O6/c1-37-13-9-24-28(37)36-20-40(31(24)43)19-32(44)11-15-38(16-12-32)30(42)23-10-14-39(18-25(23)21-5-3-2-4-6-21)29(41)22-7-8-26-27(17-22)46-33(34,35)45-26/h2-9,13,17,20,23,25,44H,10-12,14-16,18-19H2,1H3/t23-,25+/m1/s1. The van der Waals surface area contributed by atoms with Crippen LogP contribution in [0.2, 0.25) is 0 Å². The zero-order chi connectivity index (χ0) is 32.2. The molecular weight excluding hydrogens is 600 g/mol. The quantitative estimate of drug-likeness (QED) is 0.358. The number of ether oxygens (including phenoxy) is 2. The molecule has 0 bridgehead atoms. The van der Waals surface area contributed by atoms with Crippen LogP contribution in [0.1, 0.15) is 41.1 Å². The summed E-state index contributed by atoms with van der Waals surface area (Å²) in [4.78, 5) is 48.3. The van der Waals surface area contributed by atoms with Gasteiger partial charge >= 0.3 is 6.29 Å². The number of hydrogen-bond acceptors (Lipinski definition) is 7. The summed E-state index contributed by atoms with van der Waals surface area (Å²) in [5, 5.41) is 11.9. The maximum Gasteiger partial charge on any atom is 0.586 e. The minimum absolute atomic E-state index is 0.0437. The van der Waals surface area contributed by atoms with Gasteiger partial charge in [-0.1, -0.05) is 30.3 Å². The Balaban J connectivity index is 1.04. The third-order valence-electron chi connectivity index (χ3n) is 9.41. The van der Waals surface area contributed by atoms with E-state index in [1.165, 1.54) is 29.1 Å². The molecule has 0 unspecified atom stereocenters. The van der Waals surface area contributed by atoms with E-state index in [-0.39, 0.29) is 53.4 Å². The number of aryl methyl sites for hydroxylation is 1. The first-order chi connectivity index (χ1) is 22.0. The Morgan fingerprint density at radius 3 is 2.50 bits per heavy atom. The number of aliphatic hydroxyl groups is 1. The van der Waals surface area contributed by atoms with Crippen molar-refractivity contribution in [3.8, 4) is 11.5 Å². The summed E-state index contributed by atoms with van der Waals surface area (Å²) in [6, 6.07) is 15.2. The van der Waals surface area contributed by atoms with Crippen molar-refractivity contribution >= 4 is 22.8 Å². The molecule has 0 saturated carbocycles. The summed E-state index contributed by atoms with van der Waals surface area (Å²) in [5.74, 6) is -1.43. The Hall–Kier alpha value is -4.78. The summed E-state index contributed by atoms with van der Waals surface area (Å²) in [5.41, 5.74) is 0.291. The lowest BCUT2D eigenvalue weighted by Gasteiger charge is -2.43. The van der Waals surface area contributed by atoms with Crippen molar-refractivity contribution in [2.24, 2.45) is 13.0 Å². The molecule has 3 aliphatic rings. The summed E-state index contributed by atoms with van der Waals surface area (Å²) >= 11 is 0. The van der Waals surface area contributed by atoms with Crippen LogP contribution in [0.4, 0.5) is 8.78 Å². The van der Waals surface area contributed by atoms with Crippen molar-refractivity contribution in [3.05, 3.63) is 88.6 Å². The Morgan fingerprint density at radius 1 is 1.00 bits per heavy atom. The lowest BCUT2D eigenvalue weighted by atomic mass is 9.79. The molecule has 11 nitrogen and oxygen atoms in total. The zero-order valence-corrected chi connectivity index (χ0v) is 25.1. The highest BCUT2D eigenvalue weighted by atomic mass is 19.3. The van der Waals surface area contributed by atoms with E-state index in [1.807, 2.05) is 37.4 Å². The summed E-state index contributed by atoms with van der Waals surface area (Å²) < 4.78 is 39.3. The van der Waals surface area contributed by atoms with E-state index in [4.69, 9.17) is 0 Å². The molecule has 2 amide bonds. The van der Waals surface area contributed by atoms with E-state index >= 15 is 0 Å². The number of halogens is 2. The van der Waals surface area contributed by atoms with Crippen molar-refractivity contribution in [3.63, 3.8) is 0 Å². The number of benzene rings is 2. The third kappa shape index (κ3) is 5.48. The molecule has 4 aromatic rings. The largest absolute Gasteiger partial charge is 0.586 e. The van der Waals surface area contributed by atoms with Crippen LogP contribution in [0.15, 0.2) is 71.9 Å². The highest BCUT2D eigenvalue weighted by molar-refractivity contribution is 5.95. The second-order valence-electron chi connectivity index (χ2n) is 12.4. The number of rotatable bonds is 5. The molecule has 0 aliphatic carbocycles. The number of likely N-dealkylation sites (tertiary alicyclic amines) is 2. The zero-order valence-electron chi connectivity index (χ0n) is 25.1. The fourth-order valence-electron chi connectivity index (χ4n) is 6.88. The molecule has 5 heterocycles. The van der Waals surface area contributed by atoms with Crippen molar-refractivity contribution in [1.82, 2.24) is 23.9 Å². The Labute approximate surface area is 262 Å². The molecule has 0 radical (unpaired) electrons. The van der Waals surface area contributed by atoms with Gasteiger partial charge in [-0.05, 0) is 49.1 Å². The smallest absolute Gasteiger partial charge is 0.395 e. The summed E-state index contributed by atoms with van der Waals surface area (Å²) in [6.45, 7) is 1.30. The van der Waals surface area contributed by atoms with Gasteiger partial charge in [0.25, 0.3) is 11.5 Å². The second kappa shape index (κ2) is 11.2. The molecule has 2 saturated heterocycles. The predicted molar refractivity (Wildman–Crippen MR) is 162 cm³/mol. The highest BCUT2D eigenvalue weighted by Gasteiger charge is 2.45. The first-order valence-electron chi connectivity index (χ1n) is 15.3. The van der Waals surface area contributed by atoms with Crippen LogP contribution < -0.4 is 15.0 Å². The van der Waals surface area contributed by atoms with Crippen LogP contribution >= 0.6 is 0 Å². The maximum atomic E-state index is 14.0. The Kier molecular flexibility index (Phi) is 7.30. The molecular formula is C33H33F2N5O6. The molecule has 2 fully saturated rings. The van der Waals surface area contributed by atoms with E-state index in [2.05, 4.69) is 14.5 Å². The van der Waals surface area contributed by atoms with Gasteiger partial charge in [-0.2, -0.15) is 0 Å². The highest BCUT2D eigenvalue weighted by Crippen LogP contribution is 2.42. The van der Waals surface area contributed by atoms with Gasteiger partial charge in [0.15, 0.2) is 11.5 Å². The lowest BCUT2D eigenvalue weighted by Crippen LogP contribution is -2.53. The number of aromatic nitrogens is 3. The van der Waals surface area contributed by atoms with Gasteiger partial charge in [-0.15, -0.1) is 8.78 Å². The first kappa shape index (κ1) is 29.9. The van der Waals surface area contributed by atoms with E-state index in [1.54, 1.807) is 26.6 Å².